The molecule has 12 heteroatoms. The summed E-state index contributed by atoms with van der Waals surface area (Å²) in [5.74, 6) is -0.268. The third kappa shape index (κ3) is 4.81. The highest BCUT2D eigenvalue weighted by atomic mass is 32.2. The molecule has 0 aliphatic carbocycles. The first-order chi connectivity index (χ1) is 14.9. The minimum atomic E-state index is -3.84. The molecule has 10 nitrogen and oxygen atoms in total. The number of nitrogens with zero attached hydrogens (tertiary/aromatic N) is 5. The number of pyridine rings is 1. The van der Waals surface area contributed by atoms with Crippen LogP contribution in [0, 0.1) is 0 Å². The number of carbonyl (C=O) groups is 1. The van der Waals surface area contributed by atoms with Crippen molar-refractivity contribution in [1.82, 2.24) is 24.6 Å². The fourth-order valence-electron chi connectivity index (χ4n) is 2.60. The van der Waals surface area contributed by atoms with Gasteiger partial charge in [0.25, 0.3) is 10.0 Å². The van der Waals surface area contributed by atoms with E-state index in [-0.39, 0.29) is 16.8 Å². The molecule has 3 heterocycles. The Balaban J connectivity index is 1.40. The highest BCUT2D eigenvalue weighted by molar-refractivity contribution is 8.00. The van der Waals surface area contributed by atoms with E-state index in [1.54, 1.807) is 17.4 Å². The average Bonchev–Trinajstić information content (AvgIpc) is 3.17. The summed E-state index contributed by atoms with van der Waals surface area (Å²) >= 11 is 1.27. The van der Waals surface area contributed by atoms with Crippen molar-refractivity contribution in [1.29, 1.82) is 0 Å². The summed E-state index contributed by atoms with van der Waals surface area (Å²) < 4.78 is 29.0. The Hall–Kier alpha value is -3.51. The number of hydrogen-bond acceptors (Lipinski definition) is 8. The van der Waals surface area contributed by atoms with E-state index in [0.29, 0.717) is 16.5 Å². The van der Waals surface area contributed by atoms with Crippen molar-refractivity contribution in [3.05, 3.63) is 67.1 Å². The Morgan fingerprint density at radius 3 is 2.52 bits per heavy atom. The van der Waals surface area contributed by atoms with Gasteiger partial charge in [0.05, 0.1) is 10.1 Å². The van der Waals surface area contributed by atoms with E-state index in [4.69, 9.17) is 0 Å². The van der Waals surface area contributed by atoms with Crippen molar-refractivity contribution in [3.8, 4) is 0 Å². The minimum absolute atomic E-state index is 0.0215. The predicted octanol–water partition coefficient (Wildman–Crippen LogP) is 2.44. The number of rotatable bonds is 7. The molecule has 1 aromatic carbocycles. The molecule has 0 saturated heterocycles. The zero-order valence-corrected chi connectivity index (χ0v) is 17.8. The maximum Gasteiger partial charge on any atom is 0.264 e. The molecule has 2 N–H and O–H groups in total. The van der Waals surface area contributed by atoms with Crippen LogP contribution in [-0.4, -0.2) is 44.1 Å². The van der Waals surface area contributed by atoms with Gasteiger partial charge in [0.15, 0.2) is 10.8 Å². The summed E-state index contributed by atoms with van der Waals surface area (Å²) in [6.45, 7) is 1.76. The molecule has 3 aromatic heterocycles. The van der Waals surface area contributed by atoms with E-state index in [1.807, 2.05) is 24.4 Å². The first-order valence-corrected chi connectivity index (χ1v) is 11.5. The van der Waals surface area contributed by atoms with Crippen LogP contribution in [0.5, 0.6) is 0 Å². The molecule has 4 aromatic rings. The molecule has 0 unspecified atom stereocenters. The van der Waals surface area contributed by atoms with Crippen molar-refractivity contribution < 1.29 is 13.2 Å². The van der Waals surface area contributed by atoms with Crippen LogP contribution < -0.4 is 10.0 Å². The number of carbonyl (C=O) groups excluding carboxylic acids is 1. The fourth-order valence-corrected chi connectivity index (χ4v) is 4.40. The van der Waals surface area contributed by atoms with Crippen molar-refractivity contribution in [2.24, 2.45) is 0 Å². The second kappa shape index (κ2) is 8.70. The van der Waals surface area contributed by atoms with Crippen molar-refractivity contribution in [2.75, 3.05) is 10.0 Å². The molecule has 4 rings (SSSR count). The molecular formula is C19H17N7O3S2. The van der Waals surface area contributed by atoms with E-state index in [9.17, 15) is 13.2 Å². The Bertz CT molecular complexity index is 1310. The van der Waals surface area contributed by atoms with Gasteiger partial charge in [-0.3, -0.25) is 9.20 Å². The normalized spacial score (nSPS) is 12.4. The number of anilines is 2. The van der Waals surface area contributed by atoms with E-state index in [2.05, 4.69) is 30.2 Å². The third-order valence-corrected chi connectivity index (χ3v) is 6.56. The van der Waals surface area contributed by atoms with Gasteiger partial charge in [0.2, 0.25) is 11.9 Å². The van der Waals surface area contributed by atoms with Crippen LogP contribution >= 0.6 is 11.8 Å². The molecule has 1 amide bonds. The van der Waals surface area contributed by atoms with Gasteiger partial charge in [-0.25, -0.2) is 23.1 Å². The van der Waals surface area contributed by atoms with Crippen LogP contribution in [0.1, 0.15) is 6.92 Å². The monoisotopic (exact) mass is 455 g/mol. The lowest BCUT2D eigenvalue weighted by Crippen LogP contribution is -2.22. The van der Waals surface area contributed by atoms with Gasteiger partial charge in [-0.2, -0.15) is 0 Å². The predicted molar refractivity (Wildman–Crippen MR) is 116 cm³/mol. The topological polar surface area (TPSA) is 131 Å². The highest BCUT2D eigenvalue weighted by Crippen LogP contribution is 2.23. The number of amides is 1. The summed E-state index contributed by atoms with van der Waals surface area (Å²) in [7, 11) is -3.84. The highest BCUT2D eigenvalue weighted by Gasteiger charge is 2.19. The largest absolute Gasteiger partial charge is 0.325 e. The molecule has 0 saturated carbocycles. The molecule has 0 bridgehead atoms. The Labute approximate surface area is 182 Å². The summed E-state index contributed by atoms with van der Waals surface area (Å²) in [5, 5.41) is 11.1. The van der Waals surface area contributed by atoms with Crippen LogP contribution in [0.4, 0.5) is 11.6 Å². The lowest BCUT2D eigenvalue weighted by Gasteiger charge is -2.12. The summed E-state index contributed by atoms with van der Waals surface area (Å²) in [6.07, 6.45) is 4.70. The quantitative estimate of drug-likeness (QED) is 0.406. The third-order valence-electron chi connectivity index (χ3n) is 4.16. The maximum atomic E-state index is 12.6. The van der Waals surface area contributed by atoms with Crippen LogP contribution in [0.2, 0.25) is 0 Å². The second-order valence-corrected chi connectivity index (χ2v) is 9.35. The lowest BCUT2D eigenvalue weighted by atomic mass is 10.3. The molecule has 31 heavy (non-hydrogen) atoms. The van der Waals surface area contributed by atoms with Gasteiger partial charge < -0.3 is 5.32 Å². The van der Waals surface area contributed by atoms with Crippen LogP contribution in [-0.2, 0) is 14.8 Å². The lowest BCUT2D eigenvalue weighted by molar-refractivity contribution is -0.115. The van der Waals surface area contributed by atoms with Crippen molar-refractivity contribution >= 4 is 45.0 Å². The second-order valence-electron chi connectivity index (χ2n) is 6.36. The molecule has 0 fully saturated rings. The minimum Gasteiger partial charge on any atom is -0.325 e. The molecule has 1 atom stereocenters. The van der Waals surface area contributed by atoms with Gasteiger partial charge in [-0.15, -0.1) is 10.2 Å². The van der Waals surface area contributed by atoms with Crippen LogP contribution in [0.3, 0.4) is 0 Å². The maximum absolute atomic E-state index is 12.6. The molecule has 0 aliphatic heterocycles. The first-order valence-electron chi connectivity index (χ1n) is 9.09. The first kappa shape index (κ1) is 20.8. The number of sulfonamides is 1. The van der Waals surface area contributed by atoms with Crippen molar-refractivity contribution in [3.63, 3.8) is 0 Å². The zero-order valence-electron chi connectivity index (χ0n) is 16.2. The smallest absolute Gasteiger partial charge is 0.264 e. The van der Waals surface area contributed by atoms with Gasteiger partial charge in [-0.05, 0) is 49.4 Å². The Morgan fingerprint density at radius 1 is 1.03 bits per heavy atom. The molecule has 0 aliphatic rings. The Kier molecular flexibility index (Phi) is 5.82. The molecule has 0 radical (unpaired) electrons. The standard InChI is InChI=1S/C19H17N7O3S2/c1-13(30-19-24-23-16-5-2-3-12-26(16)19)17(27)22-14-6-8-15(9-7-14)31(28,29)25-18-20-10-4-11-21-18/h2-13H,1H3,(H,22,27)(H,20,21,25)/t13-/m1/s1. The Morgan fingerprint density at radius 2 is 1.77 bits per heavy atom. The number of aromatic nitrogens is 5. The van der Waals surface area contributed by atoms with Crippen LogP contribution in [0.15, 0.2) is 77.2 Å². The average molecular weight is 456 g/mol. The van der Waals surface area contributed by atoms with E-state index < -0.39 is 15.3 Å². The van der Waals surface area contributed by atoms with Crippen molar-refractivity contribution in [2.45, 2.75) is 22.2 Å². The molecular weight excluding hydrogens is 438 g/mol. The fraction of sp³-hybridized carbons (Fsp3) is 0.105. The molecule has 158 valence electrons. The zero-order chi connectivity index (χ0) is 21.8. The number of nitrogens with one attached hydrogen (secondary N) is 2. The van der Waals surface area contributed by atoms with Gasteiger partial charge in [0.1, 0.15) is 0 Å². The van der Waals surface area contributed by atoms with Crippen LogP contribution in [0.25, 0.3) is 5.65 Å². The number of fused-ring (bicyclic) bond motifs is 1. The summed E-state index contributed by atoms with van der Waals surface area (Å²) in [6, 6.07) is 13.0. The summed E-state index contributed by atoms with van der Waals surface area (Å²) in [4.78, 5) is 20.3. The van der Waals surface area contributed by atoms with Gasteiger partial charge in [0, 0.05) is 24.3 Å². The summed E-state index contributed by atoms with van der Waals surface area (Å²) in [5.41, 5.74) is 1.17. The molecule has 0 spiro atoms. The van der Waals surface area contributed by atoms with Gasteiger partial charge >= 0.3 is 0 Å². The SMILES string of the molecule is C[C@@H](Sc1nnc2ccccn12)C(=O)Nc1ccc(S(=O)(=O)Nc2ncccn2)cc1. The van der Waals surface area contributed by atoms with E-state index in [1.165, 1.54) is 48.4 Å². The number of benzene rings is 1. The number of thioether (sulfide) groups is 1. The van der Waals surface area contributed by atoms with Gasteiger partial charge in [-0.1, -0.05) is 17.8 Å². The number of hydrogen-bond donors (Lipinski definition) is 2. The van der Waals surface area contributed by atoms with E-state index in [0.717, 1.165) is 0 Å². The van der Waals surface area contributed by atoms with E-state index >= 15 is 0 Å².